The molecule has 2 aliphatic heterocycles. The van der Waals surface area contributed by atoms with Crippen LogP contribution in [0.3, 0.4) is 0 Å². The van der Waals surface area contributed by atoms with Crippen LogP contribution >= 0.6 is 7.82 Å². The Balaban J connectivity index is 1.47. The Morgan fingerprint density at radius 2 is 1.31 bits per heavy atom. The molecule has 2 rings (SSSR count). The third kappa shape index (κ3) is 7.04. The number of hydrogen-bond acceptors (Lipinski definition) is 4. The van der Waals surface area contributed by atoms with Crippen LogP contribution in [0.4, 0.5) is 0 Å². The van der Waals surface area contributed by atoms with Gasteiger partial charge in [0.1, 0.15) is 0 Å². The first-order valence-electron chi connectivity index (χ1n) is 12.3. The van der Waals surface area contributed by atoms with E-state index in [2.05, 4.69) is 21.0 Å². The van der Waals surface area contributed by atoms with Crippen molar-refractivity contribution in [2.45, 2.75) is 116 Å². The molecule has 1 unspecified atom stereocenters. The van der Waals surface area contributed by atoms with Gasteiger partial charge in [-0.15, -0.1) is 0 Å². The lowest BCUT2D eigenvalue weighted by Gasteiger charge is -2.51. The molecule has 0 aromatic carbocycles. The van der Waals surface area contributed by atoms with Crippen LogP contribution < -0.4 is 0 Å². The zero-order valence-corrected chi connectivity index (χ0v) is 20.5. The van der Waals surface area contributed by atoms with E-state index < -0.39 is 13.7 Å². The van der Waals surface area contributed by atoms with Crippen molar-refractivity contribution in [1.29, 1.82) is 0 Å². The first kappa shape index (κ1) is 25.3. The van der Waals surface area contributed by atoms with Crippen LogP contribution in [-0.4, -0.2) is 38.1 Å². The highest BCUT2D eigenvalue weighted by Gasteiger charge is 2.73. The van der Waals surface area contributed by atoms with E-state index in [0.29, 0.717) is 10.4 Å². The maximum Gasteiger partial charge on any atom is 0.488 e. The first-order valence-corrected chi connectivity index (χ1v) is 13.8. The smallest absolute Gasteiger partial charge is 0.290 e. The van der Waals surface area contributed by atoms with E-state index in [-0.39, 0.29) is 0 Å². The summed E-state index contributed by atoms with van der Waals surface area (Å²) in [5.41, 5.74) is 0. The molecule has 2 saturated heterocycles. The maximum absolute atomic E-state index is 12.2. The predicted octanol–water partition coefficient (Wildman–Crippen LogP) is 7.41. The molecule has 1 atom stereocenters. The third-order valence-electron chi connectivity index (χ3n) is 7.01. The van der Waals surface area contributed by atoms with E-state index >= 15 is 0 Å². The van der Waals surface area contributed by atoms with Crippen LogP contribution in [0, 0.1) is 5.92 Å². The minimum absolute atomic E-state index is 0.312. The van der Waals surface area contributed by atoms with Gasteiger partial charge in [-0.2, -0.15) is 0 Å². The molecule has 6 heteroatoms. The highest BCUT2D eigenvalue weighted by atomic mass is 31.2. The lowest BCUT2D eigenvalue weighted by Crippen LogP contribution is -2.65. The summed E-state index contributed by atoms with van der Waals surface area (Å²) in [7, 11) is 2.30. The second kappa shape index (κ2) is 12.2. The predicted molar refractivity (Wildman–Crippen MR) is 120 cm³/mol. The normalized spacial score (nSPS) is 30.7. The molecule has 0 radical (unpaired) electrons. The van der Waals surface area contributed by atoms with Crippen molar-refractivity contribution < 1.29 is 22.6 Å². The summed E-state index contributed by atoms with van der Waals surface area (Å²) in [4.78, 5) is 0. The van der Waals surface area contributed by atoms with Gasteiger partial charge in [0.05, 0.1) is 26.6 Å². The van der Waals surface area contributed by atoms with Crippen LogP contribution in [0.2, 0.25) is 0 Å². The van der Waals surface area contributed by atoms with Crippen molar-refractivity contribution in [1.82, 2.24) is 0 Å². The molecule has 0 N–H and O–H groups in total. The van der Waals surface area contributed by atoms with Crippen LogP contribution in [0.15, 0.2) is 0 Å². The molecule has 2 aliphatic rings. The van der Waals surface area contributed by atoms with Crippen molar-refractivity contribution in [3.8, 4) is 0 Å². The SMILES string of the molecule is CCCCCCCCCCCCCCCCC1CC[N+](C)(C)C12OP(=O)(OC)O2. The highest BCUT2D eigenvalue weighted by molar-refractivity contribution is 7.49. The van der Waals surface area contributed by atoms with E-state index in [1.54, 1.807) is 0 Å². The van der Waals surface area contributed by atoms with Crippen LogP contribution in [0.5, 0.6) is 0 Å². The summed E-state index contributed by atoms with van der Waals surface area (Å²) >= 11 is 0. The molecule has 0 saturated carbocycles. The molecule has 2 fully saturated rings. The number of hydrogen-bond donors (Lipinski definition) is 0. The molecule has 1 spiro atoms. The number of unbranched alkanes of at least 4 members (excludes halogenated alkanes) is 13. The molecule has 0 bridgehead atoms. The molecule has 0 aliphatic carbocycles. The van der Waals surface area contributed by atoms with Gasteiger partial charge in [0.15, 0.2) is 0 Å². The van der Waals surface area contributed by atoms with Crippen molar-refractivity contribution in [3.63, 3.8) is 0 Å². The first-order chi connectivity index (χ1) is 13.9. The van der Waals surface area contributed by atoms with Crippen LogP contribution in [-0.2, 0) is 18.1 Å². The lowest BCUT2D eigenvalue weighted by atomic mass is 9.96. The molecule has 5 nitrogen and oxygen atoms in total. The van der Waals surface area contributed by atoms with E-state index in [4.69, 9.17) is 13.6 Å². The highest BCUT2D eigenvalue weighted by Crippen LogP contribution is 2.71. The fraction of sp³-hybridized carbons (Fsp3) is 1.00. The van der Waals surface area contributed by atoms with E-state index in [0.717, 1.165) is 19.4 Å². The molecular weight excluding hydrogens is 385 g/mol. The standard InChI is InChI=1S/C23H47NO4P/c1-5-6-7-8-9-10-11-12-13-14-15-16-17-18-19-22-20-21-24(2,3)23(22)27-29(25,26-4)28-23/h22H,5-21H2,1-4H3/q+1. The zero-order chi connectivity index (χ0) is 21.2. The summed E-state index contributed by atoms with van der Waals surface area (Å²) in [6.07, 6.45) is 21.4. The third-order valence-corrected chi connectivity index (χ3v) is 8.43. The van der Waals surface area contributed by atoms with Gasteiger partial charge >= 0.3 is 13.7 Å². The van der Waals surface area contributed by atoms with Gasteiger partial charge in [-0.1, -0.05) is 96.8 Å². The Morgan fingerprint density at radius 3 is 1.76 bits per heavy atom. The van der Waals surface area contributed by atoms with E-state index in [1.807, 2.05) is 0 Å². The quantitative estimate of drug-likeness (QED) is 0.145. The number of quaternary nitrogens is 1. The van der Waals surface area contributed by atoms with Crippen LogP contribution in [0.25, 0.3) is 0 Å². The Morgan fingerprint density at radius 1 is 0.862 bits per heavy atom. The minimum Gasteiger partial charge on any atom is -0.290 e. The Kier molecular flexibility index (Phi) is 10.7. The van der Waals surface area contributed by atoms with E-state index in [1.165, 1.54) is 97.0 Å². The molecule has 0 aromatic heterocycles. The number of phosphoric acid groups is 1. The lowest BCUT2D eigenvalue weighted by molar-refractivity contribution is -0.985. The van der Waals surface area contributed by atoms with Crippen LogP contribution in [0.1, 0.15) is 110 Å². The number of phosphoric ester groups is 1. The monoisotopic (exact) mass is 432 g/mol. The van der Waals surface area contributed by atoms with Gasteiger partial charge in [0, 0.05) is 13.5 Å². The van der Waals surface area contributed by atoms with Gasteiger partial charge in [-0.05, 0) is 6.42 Å². The molecule has 29 heavy (non-hydrogen) atoms. The molecular formula is C23H47NO4P+. The Labute approximate surface area is 180 Å². The fourth-order valence-corrected chi connectivity index (χ4v) is 6.54. The van der Waals surface area contributed by atoms with Crippen molar-refractivity contribution in [3.05, 3.63) is 0 Å². The average Bonchev–Trinajstić information content (AvgIpc) is 2.92. The molecule has 0 amide bonds. The molecule has 172 valence electrons. The van der Waals surface area contributed by atoms with Gasteiger partial charge in [0.25, 0.3) is 0 Å². The van der Waals surface area contributed by atoms with Gasteiger partial charge in [-0.3, -0.25) is 9.01 Å². The number of nitrogens with zero attached hydrogens (tertiary/aromatic N) is 1. The maximum atomic E-state index is 12.2. The van der Waals surface area contributed by atoms with Gasteiger partial charge in [-0.25, -0.2) is 13.6 Å². The molecule has 0 aromatic rings. The summed E-state index contributed by atoms with van der Waals surface area (Å²) < 4.78 is 29.3. The second-order valence-corrected chi connectivity index (χ2v) is 11.3. The Bertz CT molecular complexity index is 501. The van der Waals surface area contributed by atoms with E-state index in [9.17, 15) is 4.57 Å². The van der Waals surface area contributed by atoms with Crippen molar-refractivity contribution in [2.75, 3.05) is 27.7 Å². The summed E-state index contributed by atoms with van der Waals surface area (Å²) in [5, 5.41) is 0. The van der Waals surface area contributed by atoms with Gasteiger partial charge < -0.3 is 0 Å². The van der Waals surface area contributed by atoms with Gasteiger partial charge in [0.2, 0.25) is 0 Å². The van der Waals surface area contributed by atoms with Crippen molar-refractivity contribution >= 4 is 7.82 Å². The molecule has 2 heterocycles. The minimum atomic E-state index is -3.29. The summed E-state index contributed by atoms with van der Waals surface area (Å²) in [5.74, 6) is -0.436. The topological polar surface area (TPSA) is 44.8 Å². The second-order valence-electron chi connectivity index (χ2n) is 9.72. The average molecular weight is 433 g/mol. The Hall–Kier alpha value is 0.0700. The summed E-state index contributed by atoms with van der Waals surface area (Å²) in [6.45, 7) is 3.27. The summed E-state index contributed by atoms with van der Waals surface area (Å²) in [6, 6.07) is 0. The van der Waals surface area contributed by atoms with Crippen molar-refractivity contribution in [2.24, 2.45) is 5.92 Å². The zero-order valence-electron chi connectivity index (χ0n) is 19.6. The number of rotatable bonds is 16. The number of likely N-dealkylation sites (tertiary alicyclic amines) is 1. The largest absolute Gasteiger partial charge is 0.488 e. The fourth-order valence-electron chi connectivity index (χ4n) is 4.99.